The van der Waals surface area contributed by atoms with Gasteiger partial charge in [0.05, 0.1) is 0 Å². The van der Waals surface area contributed by atoms with E-state index in [1.807, 2.05) is 7.05 Å². The number of rotatable bonds is 7. The average Bonchev–Trinajstić information content (AvgIpc) is 3.33. The van der Waals surface area contributed by atoms with Crippen LogP contribution in [0.3, 0.4) is 0 Å². The largest absolute Gasteiger partial charge is 0.356 e. The van der Waals surface area contributed by atoms with Crippen molar-refractivity contribution in [3.63, 3.8) is 0 Å². The van der Waals surface area contributed by atoms with E-state index in [1.54, 1.807) is 7.05 Å². The molecule has 1 fully saturated rings. The van der Waals surface area contributed by atoms with Gasteiger partial charge >= 0.3 is 0 Å². The maximum atomic E-state index is 11.6. The third-order valence-corrected chi connectivity index (χ3v) is 4.05. The second-order valence-electron chi connectivity index (χ2n) is 6.20. The molecule has 0 bridgehead atoms. The minimum absolute atomic E-state index is 0.164. The molecule has 1 aromatic rings. The Morgan fingerprint density at radius 3 is 2.74 bits per heavy atom. The molecule has 0 radical (unpaired) electrons. The lowest BCUT2D eigenvalue weighted by molar-refractivity contribution is -0.121. The molecule has 2 rings (SSSR count). The Balaban J connectivity index is 1.71. The molecule has 1 aliphatic carbocycles. The number of aliphatic imine (C=N–C) groups is 1. The summed E-state index contributed by atoms with van der Waals surface area (Å²) in [7, 11) is 3.82. The third-order valence-electron chi connectivity index (χ3n) is 4.05. The van der Waals surface area contributed by atoms with Crippen LogP contribution < -0.4 is 10.6 Å². The summed E-state index contributed by atoms with van der Waals surface area (Å²) in [5.41, 5.74) is 2.58. The minimum atomic E-state index is 0.164. The van der Waals surface area contributed by atoms with Crippen molar-refractivity contribution >= 4 is 11.9 Å². The Bertz CT molecular complexity index is 552. The molecule has 0 atom stereocenters. The van der Waals surface area contributed by atoms with Crippen molar-refractivity contribution in [1.82, 2.24) is 15.5 Å². The zero-order valence-electron chi connectivity index (χ0n) is 14.4. The van der Waals surface area contributed by atoms with Crippen molar-refractivity contribution in [1.29, 1.82) is 0 Å². The lowest BCUT2D eigenvalue weighted by Gasteiger charge is -2.23. The van der Waals surface area contributed by atoms with Gasteiger partial charge in [-0.2, -0.15) is 0 Å². The van der Waals surface area contributed by atoms with Gasteiger partial charge in [0.1, 0.15) is 0 Å². The normalized spacial score (nSPS) is 14.5. The number of carbonyl (C=O) groups excluding carboxylic acids is 1. The summed E-state index contributed by atoms with van der Waals surface area (Å²) >= 11 is 0. The summed E-state index contributed by atoms with van der Waals surface area (Å²) in [6.45, 7) is 3.69. The number of benzene rings is 1. The Morgan fingerprint density at radius 2 is 2.09 bits per heavy atom. The third kappa shape index (κ3) is 5.93. The van der Waals surface area contributed by atoms with Crippen LogP contribution in [0.2, 0.25) is 0 Å². The predicted molar refractivity (Wildman–Crippen MR) is 94.4 cm³/mol. The molecular weight excluding hydrogens is 288 g/mol. The number of hydrogen-bond donors (Lipinski definition) is 2. The van der Waals surface area contributed by atoms with E-state index in [2.05, 4.69) is 51.7 Å². The summed E-state index contributed by atoms with van der Waals surface area (Å²) in [5.74, 6) is 1.02. The van der Waals surface area contributed by atoms with Crippen molar-refractivity contribution in [3.8, 4) is 0 Å². The van der Waals surface area contributed by atoms with Crippen molar-refractivity contribution in [2.75, 3.05) is 20.6 Å². The van der Waals surface area contributed by atoms with Gasteiger partial charge in [-0.1, -0.05) is 24.3 Å². The van der Waals surface area contributed by atoms with Crippen LogP contribution >= 0.6 is 0 Å². The highest BCUT2D eigenvalue weighted by molar-refractivity contribution is 5.80. The van der Waals surface area contributed by atoms with Crippen LogP contribution in [0.25, 0.3) is 0 Å². The lowest BCUT2D eigenvalue weighted by atomic mass is 10.1. The summed E-state index contributed by atoms with van der Waals surface area (Å²) < 4.78 is 0. The fraction of sp³-hybridized carbons (Fsp3) is 0.556. The Morgan fingerprint density at radius 1 is 1.35 bits per heavy atom. The van der Waals surface area contributed by atoms with E-state index in [0.29, 0.717) is 12.5 Å². The molecule has 5 nitrogen and oxygen atoms in total. The van der Waals surface area contributed by atoms with Crippen LogP contribution in [-0.4, -0.2) is 43.4 Å². The summed E-state index contributed by atoms with van der Waals surface area (Å²) in [5, 5.41) is 6.34. The highest BCUT2D eigenvalue weighted by Crippen LogP contribution is 2.18. The molecule has 0 spiro atoms. The highest BCUT2D eigenvalue weighted by Gasteiger charge is 2.22. The fourth-order valence-electron chi connectivity index (χ4n) is 2.48. The molecule has 1 aliphatic rings. The van der Waals surface area contributed by atoms with E-state index < -0.39 is 0 Å². The van der Waals surface area contributed by atoms with Crippen LogP contribution in [0.1, 0.15) is 36.8 Å². The van der Waals surface area contributed by atoms with Crippen LogP contribution in [0.4, 0.5) is 0 Å². The van der Waals surface area contributed by atoms with E-state index in [0.717, 1.165) is 38.3 Å². The molecule has 0 saturated heterocycles. The lowest BCUT2D eigenvalue weighted by Crippen LogP contribution is -2.39. The number of guanidine groups is 1. The predicted octanol–water partition coefficient (Wildman–Crippen LogP) is 2.06. The van der Waals surface area contributed by atoms with Gasteiger partial charge in [0.2, 0.25) is 5.91 Å². The highest BCUT2D eigenvalue weighted by atomic mass is 16.1. The Labute approximate surface area is 139 Å². The summed E-state index contributed by atoms with van der Waals surface area (Å²) in [6.07, 6.45) is 3.67. The van der Waals surface area contributed by atoms with Crippen LogP contribution in [0.5, 0.6) is 0 Å². The van der Waals surface area contributed by atoms with E-state index in [4.69, 9.17) is 0 Å². The van der Waals surface area contributed by atoms with Gasteiger partial charge in [0.15, 0.2) is 5.96 Å². The first-order valence-corrected chi connectivity index (χ1v) is 8.36. The number of nitrogens with zero attached hydrogens (tertiary/aromatic N) is 2. The van der Waals surface area contributed by atoms with Crippen molar-refractivity contribution in [3.05, 3.63) is 35.4 Å². The molecule has 0 heterocycles. The van der Waals surface area contributed by atoms with E-state index in [-0.39, 0.29) is 5.91 Å². The van der Waals surface area contributed by atoms with Crippen LogP contribution in [0.15, 0.2) is 29.3 Å². The molecule has 126 valence electrons. The first kappa shape index (κ1) is 17.3. The smallest absolute Gasteiger partial charge is 0.220 e. The van der Waals surface area contributed by atoms with Crippen LogP contribution in [-0.2, 0) is 11.3 Å². The van der Waals surface area contributed by atoms with E-state index >= 15 is 0 Å². The van der Waals surface area contributed by atoms with E-state index in [9.17, 15) is 4.79 Å². The zero-order chi connectivity index (χ0) is 16.7. The van der Waals surface area contributed by atoms with Crippen LogP contribution in [0, 0.1) is 6.92 Å². The standard InChI is InChI=1S/C18H28N4O/c1-14-7-4-5-8-15(14)13-22(3)18(19-2)20-12-6-9-17(23)21-16-10-11-16/h4-5,7-8,16H,6,9-13H2,1-3H3,(H,19,20)(H,21,23). The average molecular weight is 316 g/mol. The van der Waals surface area contributed by atoms with Crippen molar-refractivity contribution in [2.24, 2.45) is 4.99 Å². The number of carbonyl (C=O) groups is 1. The van der Waals surface area contributed by atoms with Crippen molar-refractivity contribution in [2.45, 2.75) is 45.2 Å². The molecule has 1 saturated carbocycles. The maximum absolute atomic E-state index is 11.6. The SMILES string of the molecule is CN=C(NCCCC(=O)NC1CC1)N(C)Cc1ccccc1C. The number of nitrogens with one attached hydrogen (secondary N) is 2. The van der Waals surface area contributed by atoms with Gasteiger partial charge < -0.3 is 15.5 Å². The molecule has 2 N–H and O–H groups in total. The van der Waals surface area contributed by atoms with Gasteiger partial charge in [0, 0.05) is 39.6 Å². The fourth-order valence-corrected chi connectivity index (χ4v) is 2.48. The van der Waals surface area contributed by atoms with Gasteiger partial charge in [-0.25, -0.2) is 0 Å². The summed E-state index contributed by atoms with van der Waals surface area (Å²) in [4.78, 5) is 18.1. The first-order valence-electron chi connectivity index (χ1n) is 8.36. The molecule has 1 amide bonds. The van der Waals surface area contributed by atoms with Gasteiger partial charge in [-0.05, 0) is 37.3 Å². The molecule has 1 aromatic carbocycles. The quantitative estimate of drug-likeness (QED) is 0.460. The Hall–Kier alpha value is -2.04. The minimum Gasteiger partial charge on any atom is -0.356 e. The zero-order valence-corrected chi connectivity index (χ0v) is 14.4. The molecule has 23 heavy (non-hydrogen) atoms. The Kier molecular flexibility index (Phi) is 6.44. The molecule has 0 aliphatic heterocycles. The van der Waals surface area contributed by atoms with Gasteiger partial charge in [-0.3, -0.25) is 9.79 Å². The molecule has 0 aromatic heterocycles. The molecular formula is C18H28N4O. The molecule has 5 heteroatoms. The van der Waals surface area contributed by atoms with Gasteiger partial charge in [-0.15, -0.1) is 0 Å². The monoisotopic (exact) mass is 316 g/mol. The molecule has 0 unspecified atom stereocenters. The number of hydrogen-bond acceptors (Lipinski definition) is 2. The second kappa shape index (κ2) is 8.56. The van der Waals surface area contributed by atoms with Gasteiger partial charge in [0.25, 0.3) is 0 Å². The number of amides is 1. The van der Waals surface area contributed by atoms with Crippen molar-refractivity contribution < 1.29 is 4.79 Å². The first-order chi connectivity index (χ1) is 11.1. The topological polar surface area (TPSA) is 56.7 Å². The summed E-state index contributed by atoms with van der Waals surface area (Å²) in [6, 6.07) is 8.83. The van der Waals surface area contributed by atoms with E-state index in [1.165, 1.54) is 11.1 Å². The second-order valence-corrected chi connectivity index (χ2v) is 6.20. The maximum Gasteiger partial charge on any atom is 0.220 e. The number of aryl methyl sites for hydroxylation is 1.